The Morgan fingerprint density at radius 1 is 0.870 bits per heavy atom. The Hall–Kier alpha value is -1.84. The lowest BCUT2D eigenvalue weighted by molar-refractivity contribution is 0.0430. The summed E-state index contributed by atoms with van der Waals surface area (Å²) < 4.78 is 10.5. The van der Waals surface area contributed by atoms with Crippen LogP contribution in [0.25, 0.3) is 0 Å². The van der Waals surface area contributed by atoms with Crippen LogP contribution in [0.3, 0.4) is 0 Å². The zero-order valence-corrected chi connectivity index (χ0v) is 14.5. The highest BCUT2D eigenvalue weighted by molar-refractivity contribution is 5.93. The standard InChI is InChI=1S/C19H28O4/c1-4-7-8-13-22-18(20)16-9-11-17(12-10-16)19(21)23-14-15(5-2)6-3/h9-12,15H,4-8,13-14H2,1-3H3. The van der Waals surface area contributed by atoms with Crippen molar-refractivity contribution < 1.29 is 19.1 Å². The molecule has 1 rings (SSSR count). The van der Waals surface area contributed by atoms with Crippen LogP contribution in [-0.2, 0) is 9.47 Å². The molecule has 0 fully saturated rings. The topological polar surface area (TPSA) is 52.6 Å². The number of hydrogen-bond donors (Lipinski definition) is 0. The Morgan fingerprint density at radius 2 is 1.39 bits per heavy atom. The second kappa shape index (κ2) is 10.8. The number of ether oxygens (including phenoxy) is 2. The van der Waals surface area contributed by atoms with Crippen LogP contribution >= 0.6 is 0 Å². The minimum absolute atomic E-state index is 0.347. The second-order valence-corrected chi connectivity index (χ2v) is 5.70. The van der Waals surface area contributed by atoms with Crippen LogP contribution < -0.4 is 0 Å². The summed E-state index contributed by atoms with van der Waals surface area (Å²) in [5.74, 6) is -0.297. The van der Waals surface area contributed by atoms with Gasteiger partial charge in [-0.1, -0.05) is 46.5 Å². The number of benzene rings is 1. The van der Waals surface area contributed by atoms with E-state index in [1.807, 2.05) is 0 Å². The van der Waals surface area contributed by atoms with E-state index in [1.165, 1.54) is 0 Å². The molecule has 0 aliphatic carbocycles. The molecule has 0 saturated carbocycles. The van der Waals surface area contributed by atoms with Crippen molar-refractivity contribution in [1.82, 2.24) is 0 Å². The molecule has 0 aliphatic rings. The summed E-state index contributed by atoms with van der Waals surface area (Å²) in [6.07, 6.45) is 5.00. The molecule has 0 amide bonds. The van der Waals surface area contributed by atoms with Gasteiger partial charge in [-0.05, 0) is 36.6 Å². The molecule has 0 spiro atoms. The average molecular weight is 320 g/mol. The van der Waals surface area contributed by atoms with Gasteiger partial charge in [-0.15, -0.1) is 0 Å². The minimum Gasteiger partial charge on any atom is -0.462 e. The summed E-state index contributed by atoms with van der Waals surface area (Å²) >= 11 is 0. The zero-order chi connectivity index (χ0) is 17.1. The maximum absolute atomic E-state index is 12.0. The molecule has 1 aromatic carbocycles. The molecule has 4 nitrogen and oxygen atoms in total. The number of carbonyl (C=O) groups excluding carboxylic acids is 2. The van der Waals surface area contributed by atoms with Gasteiger partial charge in [0.05, 0.1) is 24.3 Å². The number of hydrogen-bond acceptors (Lipinski definition) is 4. The molecule has 0 bridgehead atoms. The van der Waals surface area contributed by atoms with Crippen LogP contribution in [0.4, 0.5) is 0 Å². The van der Waals surface area contributed by atoms with Crippen molar-refractivity contribution in [2.75, 3.05) is 13.2 Å². The fourth-order valence-electron chi connectivity index (χ4n) is 2.14. The van der Waals surface area contributed by atoms with Crippen LogP contribution in [0.2, 0.25) is 0 Å². The quantitative estimate of drug-likeness (QED) is 0.466. The maximum atomic E-state index is 12.0. The zero-order valence-electron chi connectivity index (χ0n) is 14.5. The van der Waals surface area contributed by atoms with Crippen LogP contribution in [0.1, 0.15) is 73.6 Å². The van der Waals surface area contributed by atoms with E-state index < -0.39 is 0 Å². The molecular weight excluding hydrogens is 292 g/mol. The molecular formula is C19H28O4. The molecule has 23 heavy (non-hydrogen) atoms. The summed E-state index contributed by atoms with van der Waals surface area (Å²) in [6, 6.07) is 6.43. The molecule has 4 heteroatoms. The second-order valence-electron chi connectivity index (χ2n) is 5.70. The van der Waals surface area contributed by atoms with Gasteiger partial charge in [0.2, 0.25) is 0 Å². The van der Waals surface area contributed by atoms with Crippen LogP contribution in [-0.4, -0.2) is 25.2 Å². The van der Waals surface area contributed by atoms with E-state index in [1.54, 1.807) is 24.3 Å². The van der Waals surface area contributed by atoms with E-state index in [-0.39, 0.29) is 11.9 Å². The lowest BCUT2D eigenvalue weighted by Crippen LogP contribution is -2.13. The Kier molecular flexibility index (Phi) is 9.03. The minimum atomic E-state index is -0.349. The Bertz CT molecular complexity index is 475. The van der Waals surface area contributed by atoms with Crippen LogP contribution in [0, 0.1) is 5.92 Å². The van der Waals surface area contributed by atoms with Crippen molar-refractivity contribution in [1.29, 1.82) is 0 Å². The van der Waals surface area contributed by atoms with Crippen LogP contribution in [0.15, 0.2) is 24.3 Å². The van der Waals surface area contributed by atoms with Crippen molar-refractivity contribution >= 4 is 11.9 Å². The van der Waals surface area contributed by atoms with E-state index in [0.717, 1.165) is 32.1 Å². The summed E-state index contributed by atoms with van der Waals surface area (Å²) in [7, 11) is 0. The smallest absolute Gasteiger partial charge is 0.338 e. The van der Waals surface area contributed by atoms with Crippen molar-refractivity contribution in [3.63, 3.8) is 0 Å². The Balaban J connectivity index is 2.48. The third-order valence-electron chi connectivity index (χ3n) is 3.94. The fourth-order valence-corrected chi connectivity index (χ4v) is 2.14. The van der Waals surface area contributed by atoms with Gasteiger partial charge in [-0.3, -0.25) is 0 Å². The van der Waals surface area contributed by atoms with Gasteiger partial charge < -0.3 is 9.47 Å². The van der Waals surface area contributed by atoms with Crippen molar-refractivity contribution in [2.45, 2.75) is 52.9 Å². The normalized spacial score (nSPS) is 10.6. The van der Waals surface area contributed by atoms with Gasteiger partial charge in [0.15, 0.2) is 0 Å². The van der Waals surface area contributed by atoms with Crippen molar-refractivity contribution in [2.24, 2.45) is 5.92 Å². The van der Waals surface area contributed by atoms with E-state index in [2.05, 4.69) is 20.8 Å². The third-order valence-corrected chi connectivity index (χ3v) is 3.94. The van der Waals surface area contributed by atoms with E-state index in [0.29, 0.717) is 30.3 Å². The van der Waals surface area contributed by atoms with Crippen molar-refractivity contribution in [3.8, 4) is 0 Å². The van der Waals surface area contributed by atoms with Crippen LogP contribution in [0.5, 0.6) is 0 Å². The first kappa shape index (κ1) is 19.2. The fraction of sp³-hybridized carbons (Fsp3) is 0.579. The third kappa shape index (κ3) is 6.85. The van der Waals surface area contributed by atoms with Gasteiger partial charge in [-0.2, -0.15) is 0 Å². The molecule has 0 aliphatic heterocycles. The number of rotatable bonds is 10. The molecule has 0 aromatic heterocycles. The van der Waals surface area contributed by atoms with Gasteiger partial charge in [0.25, 0.3) is 0 Å². The first-order valence-corrected chi connectivity index (χ1v) is 8.56. The molecule has 128 valence electrons. The lowest BCUT2D eigenvalue weighted by atomic mass is 10.1. The molecule has 0 atom stereocenters. The maximum Gasteiger partial charge on any atom is 0.338 e. The SMILES string of the molecule is CCCCCOC(=O)c1ccc(C(=O)OCC(CC)CC)cc1. The number of unbranched alkanes of at least 4 members (excludes halogenated alkanes) is 2. The Labute approximate surface area is 139 Å². The van der Waals surface area contributed by atoms with Gasteiger partial charge in [-0.25, -0.2) is 9.59 Å². The average Bonchev–Trinajstić information content (AvgIpc) is 2.59. The van der Waals surface area contributed by atoms with Crippen molar-refractivity contribution in [3.05, 3.63) is 35.4 Å². The van der Waals surface area contributed by atoms with E-state index in [4.69, 9.17) is 9.47 Å². The number of esters is 2. The Morgan fingerprint density at radius 3 is 1.87 bits per heavy atom. The van der Waals surface area contributed by atoms with Gasteiger partial charge >= 0.3 is 11.9 Å². The summed E-state index contributed by atoms with van der Waals surface area (Å²) in [4.78, 5) is 23.8. The summed E-state index contributed by atoms with van der Waals surface area (Å²) in [6.45, 7) is 7.15. The molecule has 0 heterocycles. The predicted molar refractivity (Wildman–Crippen MR) is 90.6 cm³/mol. The monoisotopic (exact) mass is 320 g/mol. The molecule has 0 saturated heterocycles. The van der Waals surface area contributed by atoms with E-state index >= 15 is 0 Å². The molecule has 0 radical (unpaired) electrons. The first-order chi connectivity index (χ1) is 11.1. The highest BCUT2D eigenvalue weighted by atomic mass is 16.5. The van der Waals surface area contributed by atoms with Gasteiger partial charge in [0, 0.05) is 0 Å². The highest BCUT2D eigenvalue weighted by Crippen LogP contribution is 2.11. The molecule has 0 unspecified atom stereocenters. The highest BCUT2D eigenvalue weighted by Gasteiger charge is 2.12. The van der Waals surface area contributed by atoms with Gasteiger partial charge in [0.1, 0.15) is 0 Å². The summed E-state index contributed by atoms with van der Waals surface area (Å²) in [5, 5.41) is 0. The molecule has 0 N–H and O–H groups in total. The van der Waals surface area contributed by atoms with E-state index in [9.17, 15) is 9.59 Å². The number of carbonyl (C=O) groups is 2. The largest absolute Gasteiger partial charge is 0.462 e. The summed E-state index contributed by atoms with van der Waals surface area (Å²) in [5.41, 5.74) is 0.913. The first-order valence-electron chi connectivity index (χ1n) is 8.56. The lowest BCUT2D eigenvalue weighted by Gasteiger charge is -2.12. The molecule has 1 aromatic rings. The predicted octanol–water partition coefficient (Wildman–Crippen LogP) is 4.63.